The first kappa shape index (κ1) is 17.7. The molecule has 3 rings (SSSR count). The highest BCUT2D eigenvalue weighted by atomic mass is 35.5. The maximum Gasteiger partial charge on any atom is 0.131 e. The van der Waals surface area contributed by atoms with E-state index in [2.05, 4.69) is 26.0 Å². The molecule has 0 bridgehead atoms. The van der Waals surface area contributed by atoms with Gasteiger partial charge in [0.1, 0.15) is 5.82 Å². The molecule has 1 unspecified atom stereocenters. The van der Waals surface area contributed by atoms with Gasteiger partial charge in [0.15, 0.2) is 0 Å². The van der Waals surface area contributed by atoms with E-state index in [9.17, 15) is 4.39 Å². The molecule has 0 aromatic heterocycles. The first-order valence-electron chi connectivity index (χ1n) is 8.72. The van der Waals surface area contributed by atoms with Crippen LogP contribution in [0.3, 0.4) is 0 Å². The quantitative estimate of drug-likeness (QED) is 0.453. The molecule has 0 amide bonds. The number of hydrogen-bond acceptors (Lipinski definition) is 0. The van der Waals surface area contributed by atoms with Crippen LogP contribution < -0.4 is 0 Å². The highest BCUT2D eigenvalue weighted by Crippen LogP contribution is 2.29. The number of rotatable bonds is 5. The SMILES string of the molecule is CCCc1ccc(-c2ccc(C(C)c3ccc(Cl)cc3)cc2)c(F)c1. The second-order valence-corrected chi connectivity index (χ2v) is 6.90. The molecule has 0 fully saturated rings. The van der Waals surface area contributed by atoms with E-state index in [4.69, 9.17) is 11.6 Å². The summed E-state index contributed by atoms with van der Waals surface area (Å²) in [5.41, 5.74) is 5.04. The first-order chi connectivity index (χ1) is 12.1. The number of benzene rings is 3. The fourth-order valence-electron chi connectivity index (χ4n) is 3.13. The Labute approximate surface area is 154 Å². The van der Waals surface area contributed by atoms with Crippen molar-refractivity contribution in [2.75, 3.05) is 0 Å². The second kappa shape index (κ2) is 7.84. The Morgan fingerprint density at radius 1 is 0.880 bits per heavy atom. The summed E-state index contributed by atoms with van der Waals surface area (Å²) in [5, 5.41) is 0.744. The zero-order valence-electron chi connectivity index (χ0n) is 14.6. The lowest BCUT2D eigenvalue weighted by atomic mass is 9.91. The smallest absolute Gasteiger partial charge is 0.131 e. The zero-order chi connectivity index (χ0) is 17.8. The van der Waals surface area contributed by atoms with Gasteiger partial charge in [-0.15, -0.1) is 0 Å². The van der Waals surface area contributed by atoms with E-state index in [0.29, 0.717) is 5.56 Å². The van der Waals surface area contributed by atoms with Crippen LogP contribution >= 0.6 is 11.6 Å². The van der Waals surface area contributed by atoms with E-state index in [-0.39, 0.29) is 11.7 Å². The first-order valence-corrected chi connectivity index (χ1v) is 9.10. The molecule has 0 spiro atoms. The summed E-state index contributed by atoms with van der Waals surface area (Å²) in [6, 6.07) is 21.6. The monoisotopic (exact) mass is 352 g/mol. The third-order valence-corrected chi connectivity index (χ3v) is 4.92. The Kier molecular flexibility index (Phi) is 5.55. The highest BCUT2D eigenvalue weighted by Gasteiger charge is 2.10. The van der Waals surface area contributed by atoms with Crippen molar-refractivity contribution in [1.82, 2.24) is 0 Å². The number of aryl methyl sites for hydroxylation is 1. The second-order valence-electron chi connectivity index (χ2n) is 6.46. The van der Waals surface area contributed by atoms with Crippen molar-refractivity contribution in [3.8, 4) is 11.1 Å². The predicted molar refractivity (Wildman–Crippen MR) is 105 cm³/mol. The van der Waals surface area contributed by atoms with Crippen molar-refractivity contribution in [3.63, 3.8) is 0 Å². The minimum atomic E-state index is -0.149. The summed E-state index contributed by atoms with van der Waals surface area (Å²) >= 11 is 5.96. The topological polar surface area (TPSA) is 0 Å². The molecule has 0 saturated carbocycles. The van der Waals surface area contributed by atoms with E-state index in [1.807, 2.05) is 48.5 Å². The van der Waals surface area contributed by atoms with Crippen molar-refractivity contribution >= 4 is 11.6 Å². The van der Waals surface area contributed by atoms with E-state index >= 15 is 0 Å². The molecule has 3 aromatic carbocycles. The molecule has 0 saturated heterocycles. The van der Waals surface area contributed by atoms with Crippen LogP contribution in [0.1, 0.15) is 42.9 Å². The van der Waals surface area contributed by atoms with Crippen LogP contribution in [0.15, 0.2) is 66.7 Å². The maximum absolute atomic E-state index is 14.4. The van der Waals surface area contributed by atoms with Crippen molar-refractivity contribution in [3.05, 3.63) is 94.3 Å². The van der Waals surface area contributed by atoms with Crippen LogP contribution in [0.5, 0.6) is 0 Å². The van der Waals surface area contributed by atoms with Crippen LogP contribution in [0, 0.1) is 5.82 Å². The molecule has 0 radical (unpaired) electrons. The molecule has 2 heteroatoms. The number of hydrogen-bond donors (Lipinski definition) is 0. The lowest BCUT2D eigenvalue weighted by molar-refractivity contribution is 0.628. The van der Waals surface area contributed by atoms with Gasteiger partial charge in [0.05, 0.1) is 0 Å². The summed E-state index contributed by atoms with van der Waals surface area (Å²) < 4.78 is 14.4. The molecule has 128 valence electrons. The van der Waals surface area contributed by atoms with E-state index in [1.165, 1.54) is 11.1 Å². The van der Waals surface area contributed by atoms with Crippen molar-refractivity contribution in [2.45, 2.75) is 32.6 Å². The van der Waals surface area contributed by atoms with Crippen LogP contribution in [-0.2, 0) is 6.42 Å². The van der Waals surface area contributed by atoms with Gasteiger partial charge in [-0.3, -0.25) is 0 Å². The van der Waals surface area contributed by atoms with Gasteiger partial charge in [-0.25, -0.2) is 4.39 Å². The fourth-order valence-corrected chi connectivity index (χ4v) is 3.26. The Balaban J connectivity index is 1.83. The molecule has 25 heavy (non-hydrogen) atoms. The molecule has 0 heterocycles. The average molecular weight is 353 g/mol. The van der Waals surface area contributed by atoms with Crippen LogP contribution in [-0.4, -0.2) is 0 Å². The normalized spacial score (nSPS) is 12.2. The van der Waals surface area contributed by atoms with Gasteiger partial charge in [-0.2, -0.15) is 0 Å². The lowest BCUT2D eigenvalue weighted by Gasteiger charge is -2.14. The van der Waals surface area contributed by atoms with Crippen LogP contribution in [0.2, 0.25) is 5.02 Å². The van der Waals surface area contributed by atoms with E-state index < -0.39 is 0 Å². The summed E-state index contributed by atoms with van der Waals surface area (Å²) in [4.78, 5) is 0. The lowest BCUT2D eigenvalue weighted by Crippen LogP contribution is -1.96. The Bertz CT molecular complexity index is 835. The van der Waals surface area contributed by atoms with Gasteiger partial charge < -0.3 is 0 Å². The Hall–Kier alpha value is -2.12. The standard InChI is InChI=1S/C23H22ClF/c1-3-4-17-5-14-22(23(25)15-17)20-8-6-18(7-9-20)16(2)19-10-12-21(24)13-11-19/h5-16H,3-4H2,1-2H3. The summed E-state index contributed by atoms with van der Waals surface area (Å²) in [7, 11) is 0. The fraction of sp³-hybridized carbons (Fsp3) is 0.217. The van der Waals surface area contributed by atoms with Crippen molar-refractivity contribution in [2.24, 2.45) is 0 Å². The highest BCUT2D eigenvalue weighted by molar-refractivity contribution is 6.30. The van der Waals surface area contributed by atoms with Gasteiger partial charge in [0, 0.05) is 16.5 Å². The van der Waals surface area contributed by atoms with Crippen molar-refractivity contribution in [1.29, 1.82) is 0 Å². The summed E-state index contributed by atoms with van der Waals surface area (Å²) in [6.07, 6.45) is 1.94. The third kappa shape index (κ3) is 4.11. The number of halogens is 2. The molecular formula is C23H22ClF. The molecule has 1 atom stereocenters. The largest absolute Gasteiger partial charge is 0.206 e. The minimum Gasteiger partial charge on any atom is -0.206 e. The Morgan fingerprint density at radius 2 is 1.48 bits per heavy atom. The minimum absolute atomic E-state index is 0.149. The molecular weight excluding hydrogens is 331 g/mol. The summed E-state index contributed by atoms with van der Waals surface area (Å²) in [6.45, 7) is 4.27. The molecule has 0 aliphatic heterocycles. The molecule has 3 aromatic rings. The third-order valence-electron chi connectivity index (χ3n) is 4.66. The van der Waals surface area contributed by atoms with E-state index in [0.717, 1.165) is 29.0 Å². The maximum atomic E-state index is 14.4. The van der Waals surface area contributed by atoms with Gasteiger partial charge in [0.2, 0.25) is 0 Å². The Morgan fingerprint density at radius 3 is 2.04 bits per heavy atom. The predicted octanol–water partition coefficient (Wildman–Crippen LogP) is 7.25. The molecule has 0 aliphatic rings. The van der Waals surface area contributed by atoms with Crippen molar-refractivity contribution < 1.29 is 4.39 Å². The molecule has 0 nitrogen and oxygen atoms in total. The zero-order valence-corrected chi connectivity index (χ0v) is 15.4. The molecule has 0 aliphatic carbocycles. The van der Waals surface area contributed by atoms with E-state index in [1.54, 1.807) is 6.07 Å². The average Bonchev–Trinajstić information content (AvgIpc) is 2.62. The van der Waals surface area contributed by atoms with Crippen LogP contribution in [0.25, 0.3) is 11.1 Å². The molecule has 0 N–H and O–H groups in total. The van der Waals surface area contributed by atoms with Gasteiger partial charge in [0.25, 0.3) is 0 Å². The van der Waals surface area contributed by atoms with Gasteiger partial charge in [-0.1, -0.05) is 80.4 Å². The summed E-state index contributed by atoms with van der Waals surface area (Å²) in [5.74, 6) is 0.118. The van der Waals surface area contributed by atoms with Gasteiger partial charge in [-0.05, 0) is 46.9 Å². The van der Waals surface area contributed by atoms with Gasteiger partial charge >= 0.3 is 0 Å². The van der Waals surface area contributed by atoms with Crippen LogP contribution in [0.4, 0.5) is 4.39 Å².